The van der Waals surface area contributed by atoms with Crippen LogP contribution in [0.25, 0.3) is 0 Å². The highest BCUT2D eigenvalue weighted by Crippen LogP contribution is 2.08. The fourth-order valence-corrected chi connectivity index (χ4v) is 2.31. The Balaban J connectivity index is 1.84. The molecule has 0 radical (unpaired) electrons. The van der Waals surface area contributed by atoms with E-state index in [0.29, 0.717) is 13.0 Å². The number of hydrogen-bond acceptors (Lipinski definition) is 2. The number of amides is 1. The van der Waals surface area contributed by atoms with Crippen LogP contribution >= 0.6 is 0 Å². The Morgan fingerprint density at radius 2 is 1.52 bits per heavy atom. The van der Waals surface area contributed by atoms with Crippen molar-refractivity contribution in [1.29, 1.82) is 0 Å². The van der Waals surface area contributed by atoms with Gasteiger partial charge in [-0.2, -0.15) is 0 Å². The van der Waals surface area contributed by atoms with E-state index < -0.39 is 6.04 Å². The van der Waals surface area contributed by atoms with E-state index in [1.54, 1.807) is 11.9 Å². The van der Waals surface area contributed by atoms with Crippen molar-refractivity contribution in [2.75, 3.05) is 7.05 Å². The van der Waals surface area contributed by atoms with Gasteiger partial charge in [-0.15, -0.1) is 0 Å². The third-order valence-corrected chi connectivity index (χ3v) is 3.54. The fourth-order valence-electron chi connectivity index (χ4n) is 2.31. The second-order valence-electron chi connectivity index (χ2n) is 5.31. The van der Waals surface area contributed by atoms with Gasteiger partial charge in [-0.3, -0.25) is 4.79 Å². The summed E-state index contributed by atoms with van der Waals surface area (Å²) in [6.45, 7) is 0.596. The summed E-state index contributed by atoms with van der Waals surface area (Å²) in [7, 11) is 1.80. The predicted molar refractivity (Wildman–Crippen MR) is 85.7 cm³/mol. The molecule has 2 N–H and O–H groups in total. The zero-order chi connectivity index (χ0) is 15.1. The molecule has 2 rings (SSSR count). The number of likely N-dealkylation sites (N-methyl/N-ethyl adjacent to an activating group) is 1. The first-order valence-electron chi connectivity index (χ1n) is 7.25. The molecule has 0 spiro atoms. The first-order valence-corrected chi connectivity index (χ1v) is 7.25. The monoisotopic (exact) mass is 282 g/mol. The second-order valence-corrected chi connectivity index (χ2v) is 5.31. The van der Waals surface area contributed by atoms with Gasteiger partial charge in [-0.05, 0) is 24.0 Å². The summed E-state index contributed by atoms with van der Waals surface area (Å²) in [5, 5.41) is 0. The Labute approximate surface area is 126 Å². The van der Waals surface area contributed by atoms with Crippen LogP contribution in [0.5, 0.6) is 0 Å². The van der Waals surface area contributed by atoms with Crippen molar-refractivity contribution < 1.29 is 4.79 Å². The van der Waals surface area contributed by atoms with Crippen LogP contribution < -0.4 is 5.73 Å². The Hall–Kier alpha value is -2.13. The van der Waals surface area contributed by atoms with E-state index in [4.69, 9.17) is 5.73 Å². The van der Waals surface area contributed by atoms with Gasteiger partial charge in [0.2, 0.25) is 5.91 Å². The number of aryl methyl sites for hydroxylation is 1. The maximum absolute atomic E-state index is 12.3. The third kappa shape index (κ3) is 4.72. The molecule has 0 aliphatic rings. The van der Waals surface area contributed by atoms with E-state index in [9.17, 15) is 4.79 Å². The second kappa shape index (κ2) is 7.60. The van der Waals surface area contributed by atoms with Gasteiger partial charge < -0.3 is 10.6 Å². The quantitative estimate of drug-likeness (QED) is 0.885. The predicted octanol–water partition coefficient (Wildman–Crippen LogP) is 2.61. The summed E-state index contributed by atoms with van der Waals surface area (Å²) in [5.41, 5.74) is 8.36. The van der Waals surface area contributed by atoms with Gasteiger partial charge in [0.1, 0.15) is 0 Å². The smallest absolute Gasteiger partial charge is 0.239 e. The summed E-state index contributed by atoms with van der Waals surface area (Å²) < 4.78 is 0. The Morgan fingerprint density at radius 1 is 1.00 bits per heavy atom. The normalized spacial score (nSPS) is 11.9. The molecule has 0 saturated carbocycles. The number of hydrogen-bond donors (Lipinski definition) is 1. The maximum atomic E-state index is 12.3. The standard InChI is InChI=1S/C18H22N2O/c1-20(14-16-10-6-3-7-11-16)18(21)17(19)13-12-15-8-4-2-5-9-15/h2-11,17H,12-14,19H2,1H3/t17-/m1/s1. The lowest BCUT2D eigenvalue weighted by Crippen LogP contribution is -2.41. The third-order valence-electron chi connectivity index (χ3n) is 3.54. The Kier molecular flexibility index (Phi) is 5.52. The van der Waals surface area contributed by atoms with Crippen molar-refractivity contribution in [3.05, 3.63) is 71.8 Å². The van der Waals surface area contributed by atoms with Gasteiger partial charge in [0.15, 0.2) is 0 Å². The van der Waals surface area contributed by atoms with Gasteiger partial charge in [0.25, 0.3) is 0 Å². The maximum Gasteiger partial charge on any atom is 0.239 e. The largest absolute Gasteiger partial charge is 0.340 e. The van der Waals surface area contributed by atoms with Crippen molar-refractivity contribution >= 4 is 5.91 Å². The van der Waals surface area contributed by atoms with Crippen molar-refractivity contribution in [2.45, 2.75) is 25.4 Å². The van der Waals surface area contributed by atoms with Crippen LogP contribution in [0, 0.1) is 0 Å². The van der Waals surface area contributed by atoms with Crippen molar-refractivity contribution in [3.63, 3.8) is 0 Å². The average Bonchev–Trinajstić information content (AvgIpc) is 2.53. The van der Waals surface area contributed by atoms with Crippen molar-refractivity contribution in [2.24, 2.45) is 5.73 Å². The number of benzene rings is 2. The SMILES string of the molecule is CN(Cc1ccccc1)C(=O)[C@H](N)CCc1ccccc1. The molecule has 0 aromatic heterocycles. The highest BCUT2D eigenvalue weighted by molar-refractivity contribution is 5.81. The number of rotatable bonds is 6. The zero-order valence-electron chi connectivity index (χ0n) is 12.4. The lowest BCUT2D eigenvalue weighted by Gasteiger charge is -2.21. The number of nitrogens with two attached hydrogens (primary N) is 1. The molecule has 3 nitrogen and oxygen atoms in total. The molecule has 0 saturated heterocycles. The van der Waals surface area contributed by atoms with Gasteiger partial charge in [0.05, 0.1) is 6.04 Å². The zero-order valence-corrected chi connectivity index (χ0v) is 12.4. The topological polar surface area (TPSA) is 46.3 Å². The molecule has 21 heavy (non-hydrogen) atoms. The first kappa shape index (κ1) is 15.3. The molecule has 110 valence electrons. The van der Waals surface area contributed by atoms with Gasteiger partial charge in [0, 0.05) is 13.6 Å². The molecule has 1 atom stereocenters. The number of nitrogens with zero attached hydrogens (tertiary/aromatic N) is 1. The Bertz CT molecular complexity index is 554. The molecule has 0 aliphatic carbocycles. The van der Waals surface area contributed by atoms with Crippen LogP contribution in [0.1, 0.15) is 17.5 Å². The van der Waals surface area contributed by atoms with Crippen molar-refractivity contribution in [3.8, 4) is 0 Å². The minimum Gasteiger partial charge on any atom is -0.340 e. The van der Waals surface area contributed by atoms with E-state index in [-0.39, 0.29) is 5.91 Å². The molecule has 0 aliphatic heterocycles. The van der Waals surface area contributed by atoms with Crippen LogP contribution in [0.3, 0.4) is 0 Å². The molecule has 0 bridgehead atoms. The van der Waals surface area contributed by atoms with Crippen molar-refractivity contribution in [1.82, 2.24) is 4.90 Å². The van der Waals surface area contributed by atoms with Crippen LogP contribution in [0.4, 0.5) is 0 Å². The highest BCUT2D eigenvalue weighted by atomic mass is 16.2. The van der Waals surface area contributed by atoms with E-state index in [1.807, 2.05) is 48.5 Å². The molecule has 0 unspecified atom stereocenters. The van der Waals surface area contributed by atoms with Gasteiger partial charge in [-0.25, -0.2) is 0 Å². The molecule has 1 amide bonds. The van der Waals surface area contributed by atoms with Crippen LogP contribution in [0.15, 0.2) is 60.7 Å². The lowest BCUT2D eigenvalue weighted by atomic mass is 10.0. The highest BCUT2D eigenvalue weighted by Gasteiger charge is 2.17. The van der Waals surface area contributed by atoms with Crippen LogP contribution in [0.2, 0.25) is 0 Å². The van der Waals surface area contributed by atoms with Gasteiger partial charge in [-0.1, -0.05) is 60.7 Å². The Morgan fingerprint density at radius 3 is 2.10 bits per heavy atom. The summed E-state index contributed by atoms with van der Waals surface area (Å²) in [4.78, 5) is 14.0. The molecule has 2 aromatic carbocycles. The molecular weight excluding hydrogens is 260 g/mol. The van der Waals surface area contributed by atoms with E-state index in [1.165, 1.54) is 5.56 Å². The van der Waals surface area contributed by atoms with E-state index in [2.05, 4.69) is 12.1 Å². The summed E-state index contributed by atoms with van der Waals surface area (Å²) in [6.07, 6.45) is 1.49. The molecule has 3 heteroatoms. The number of carbonyl (C=O) groups excluding carboxylic acids is 1. The fraction of sp³-hybridized carbons (Fsp3) is 0.278. The molecular formula is C18H22N2O. The number of carbonyl (C=O) groups is 1. The summed E-state index contributed by atoms with van der Waals surface area (Å²) in [5.74, 6) is -0.00483. The van der Waals surface area contributed by atoms with E-state index in [0.717, 1.165) is 12.0 Å². The van der Waals surface area contributed by atoms with Gasteiger partial charge >= 0.3 is 0 Å². The van der Waals surface area contributed by atoms with Crippen LogP contribution in [-0.2, 0) is 17.8 Å². The molecule has 0 fully saturated rings. The minimum absolute atomic E-state index is 0.00483. The summed E-state index contributed by atoms with van der Waals surface area (Å²) in [6, 6.07) is 19.6. The first-order chi connectivity index (χ1) is 10.2. The lowest BCUT2D eigenvalue weighted by molar-refractivity contribution is -0.131. The average molecular weight is 282 g/mol. The molecule has 2 aromatic rings. The van der Waals surface area contributed by atoms with Crippen LogP contribution in [-0.4, -0.2) is 23.9 Å². The minimum atomic E-state index is -0.445. The molecule has 0 heterocycles. The summed E-state index contributed by atoms with van der Waals surface area (Å²) >= 11 is 0. The van der Waals surface area contributed by atoms with E-state index >= 15 is 0 Å².